The van der Waals surface area contributed by atoms with Gasteiger partial charge in [-0.15, -0.1) is 0 Å². The Morgan fingerprint density at radius 1 is 1.27 bits per heavy atom. The average molecular weight is 533 g/mol. The van der Waals surface area contributed by atoms with Crippen molar-refractivity contribution in [1.29, 1.82) is 0 Å². The lowest BCUT2D eigenvalue weighted by Gasteiger charge is -2.39. The van der Waals surface area contributed by atoms with Gasteiger partial charge in [0.15, 0.2) is 5.60 Å². The van der Waals surface area contributed by atoms with E-state index in [1.807, 2.05) is 5.32 Å². The predicted molar refractivity (Wildman–Crippen MR) is 123 cm³/mol. The summed E-state index contributed by atoms with van der Waals surface area (Å²) in [6, 6.07) is 1.01. The molecule has 13 heteroatoms. The van der Waals surface area contributed by atoms with E-state index in [0.717, 1.165) is 30.0 Å². The Kier molecular flexibility index (Phi) is 7.37. The molecule has 0 aromatic heterocycles. The fourth-order valence-corrected chi connectivity index (χ4v) is 4.93. The monoisotopic (exact) mass is 532 g/mol. The minimum Gasteiger partial charge on any atom is -0.475 e. The number of amides is 3. The van der Waals surface area contributed by atoms with Crippen molar-refractivity contribution in [2.45, 2.75) is 69.8 Å². The van der Waals surface area contributed by atoms with Gasteiger partial charge in [-0.05, 0) is 45.4 Å². The third-order valence-electron chi connectivity index (χ3n) is 6.86. The number of benzene rings is 1. The summed E-state index contributed by atoms with van der Waals surface area (Å²) >= 11 is 0. The van der Waals surface area contributed by atoms with Crippen LogP contribution < -0.4 is 20.3 Å². The molecule has 2 heterocycles. The first-order chi connectivity index (χ1) is 17.4. The lowest BCUT2D eigenvalue weighted by molar-refractivity contribution is -0.138. The molecule has 2 N–H and O–H groups in total. The molecule has 37 heavy (non-hydrogen) atoms. The molecule has 0 bridgehead atoms. The van der Waals surface area contributed by atoms with Crippen molar-refractivity contribution in [3.8, 4) is 5.75 Å². The molecule has 204 valence electrons. The van der Waals surface area contributed by atoms with Gasteiger partial charge in [-0.1, -0.05) is 0 Å². The first kappa shape index (κ1) is 27.1. The zero-order valence-electron chi connectivity index (χ0n) is 20.5. The number of rotatable bonds is 7. The molecule has 0 radical (unpaired) electrons. The molecular formula is C24H29F5N4O4. The molecule has 1 saturated carbocycles. The molecule has 8 nitrogen and oxygen atoms in total. The summed E-state index contributed by atoms with van der Waals surface area (Å²) in [6.45, 7) is 3.99. The van der Waals surface area contributed by atoms with Gasteiger partial charge in [0, 0.05) is 44.6 Å². The summed E-state index contributed by atoms with van der Waals surface area (Å²) in [7, 11) is 0. The van der Waals surface area contributed by atoms with Gasteiger partial charge in [-0.2, -0.15) is 22.0 Å². The molecule has 4 rings (SSSR count). The Hall–Kier alpha value is -2.96. The minimum absolute atomic E-state index is 0.0735. The first-order valence-electron chi connectivity index (χ1n) is 12.2. The van der Waals surface area contributed by atoms with Crippen molar-refractivity contribution in [3.05, 3.63) is 23.3 Å². The Bertz CT molecular complexity index is 1070. The molecule has 1 aromatic carbocycles. The van der Waals surface area contributed by atoms with Crippen molar-refractivity contribution in [2.75, 3.05) is 31.1 Å². The Balaban J connectivity index is 1.75. The molecule has 1 atom stereocenters. The number of piperidine rings is 1. The van der Waals surface area contributed by atoms with Crippen molar-refractivity contribution < 1.29 is 41.1 Å². The maximum absolute atomic E-state index is 14.2. The zero-order chi connectivity index (χ0) is 27.1. The van der Waals surface area contributed by atoms with Crippen LogP contribution >= 0.6 is 0 Å². The van der Waals surface area contributed by atoms with E-state index in [2.05, 4.69) is 5.32 Å². The third-order valence-corrected chi connectivity index (χ3v) is 6.86. The smallest absolute Gasteiger partial charge is 0.417 e. The molecule has 1 aliphatic carbocycles. The molecule has 3 amide bonds. The first-order valence-corrected chi connectivity index (χ1v) is 12.2. The molecule has 1 aromatic rings. The number of carbonyl (C=O) groups excluding carboxylic acids is 3. The normalized spacial score (nSPS) is 20.6. The number of halogens is 5. The van der Waals surface area contributed by atoms with Gasteiger partial charge in [0.1, 0.15) is 5.75 Å². The molecular weight excluding hydrogens is 503 g/mol. The summed E-state index contributed by atoms with van der Waals surface area (Å²) in [5, 5.41) is 5.16. The van der Waals surface area contributed by atoms with E-state index in [-0.39, 0.29) is 43.4 Å². The van der Waals surface area contributed by atoms with Crippen molar-refractivity contribution in [3.63, 3.8) is 0 Å². The highest BCUT2D eigenvalue weighted by molar-refractivity contribution is 6.06. The van der Waals surface area contributed by atoms with E-state index in [9.17, 15) is 36.3 Å². The van der Waals surface area contributed by atoms with Crippen molar-refractivity contribution in [2.24, 2.45) is 0 Å². The number of carbonyl (C=O) groups is 3. The SMILES string of the molecule is CC(C)N(C(=O)c1cc2c(cc1C(F)(F)F)OC1(CC1)C(=O)N2CCNC(=O)C(F)F)[C@@H]1CCCNC1. The fourth-order valence-electron chi connectivity index (χ4n) is 4.93. The number of ether oxygens (including phenoxy) is 1. The molecule has 2 fully saturated rings. The van der Waals surface area contributed by atoms with Crippen LogP contribution in [0.5, 0.6) is 5.75 Å². The second kappa shape index (κ2) is 10.1. The van der Waals surface area contributed by atoms with Gasteiger partial charge in [0.2, 0.25) is 0 Å². The molecule has 1 spiro atoms. The lowest BCUT2D eigenvalue weighted by Crippen LogP contribution is -2.52. The van der Waals surface area contributed by atoms with Gasteiger partial charge in [0.05, 0.1) is 16.8 Å². The lowest BCUT2D eigenvalue weighted by atomic mass is 9.98. The predicted octanol–water partition coefficient (Wildman–Crippen LogP) is 2.95. The number of fused-ring (bicyclic) bond motifs is 1. The van der Waals surface area contributed by atoms with Crippen molar-refractivity contribution >= 4 is 23.4 Å². The number of nitrogens with one attached hydrogen (secondary N) is 2. The summed E-state index contributed by atoms with van der Waals surface area (Å²) in [6.07, 6.45) is -6.18. The van der Waals surface area contributed by atoms with E-state index in [4.69, 9.17) is 4.74 Å². The van der Waals surface area contributed by atoms with Crippen LogP contribution in [0.15, 0.2) is 12.1 Å². The van der Waals surface area contributed by atoms with Gasteiger partial charge >= 0.3 is 12.6 Å². The van der Waals surface area contributed by atoms with Crippen LogP contribution in [0.3, 0.4) is 0 Å². The molecule has 1 saturated heterocycles. The summed E-state index contributed by atoms with van der Waals surface area (Å²) in [4.78, 5) is 40.6. The quantitative estimate of drug-likeness (QED) is 0.527. The van der Waals surface area contributed by atoms with Crippen LogP contribution in [0, 0.1) is 0 Å². The van der Waals surface area contributed by atoms with Crippen LogP contribution in [0.1, 0.15) is 55.5 Å². The Morgan fingerprint density at radius 2 is 1.97 bits per heavy atom. The standard InChI is InChI=1S/C24H29F5N4O4/c1-13(2)33(14-4-3-7-30-12-14)21(35)15-10-17-18(11-16(15)24(27,28)29)37-23(5-6-23)22(36)32(17)9-8-31-20(34)19(25)26/h10-11,13-14,19,30H,3-9,12H2,1-2H3,(H,31,34)/t14-/m1/s1. The van der Waals surface area contributed by atoms with Crippen LogP contribution in [-0.2, 0) is 15.8 Å². The molecule has 3 aliphatic rings. The highest BCUT2D eigenvalue weighted by atomic mass is 19.4. The second-order valence-electron chi connectivity index (χ2n) is 9.81. The summed E-state index contributed by atoms with van der Waals surface area (Å²) in [5.74, 6) is -3.14. The van der Waals surface area contributed by atoms with E-state index in [1.54, 1.807) is 13.8 Å². The van der Waals surface area contributed by atoms with E-state index in [1.165, 1.54) is 4.90 Å². The van der Waals surface area contributed by atoms with Crippen LogP contribution in [-0.4, -0.2) is 72.9 Å². The average Bonchev–Trinajstić information content (AvgIpc) is 3.60. The van der Waals surface area contributed by atoms with Gasteiger partial charge in [0.25, 0.3) is 17.7 Å². The van der Waals surface area contributed by atoms with Crippen LogP contribution in [0.4, 0.5) is 27.6 Å². The van der Waals surface area contributed by atoms with Crippen molar-refractivity contribution in [1.82, 2.24) is 15.5 Å². The second-order valence-corrected chi connectivity index (χ2v) is 9.81. The summed E-state index contributed by atoms with van der Waals surface area (Å²) < 4.78 is 73.4. The van der Waals surface area contributed by atoms with E-state index < -0.39 is 53.1 Å². The Labute approximate surface area is 210 Å². The largest absolute Gasteiger partial charge is 0.475 e. The number of hydrogen-bond donors (Lipinski definition) is 2. The fraction of sp³-hybridized carbons (Fsp3) is 0.625. The van der Waals surface area contributed by atoms with E-state index >= 15 is 0 Å². The molecule has 2 aliphatic heterocycles. The topological polar surface area (TPSA) is 91.0 Å². The zero-order valence-corrected chi connectivity index (χ0v) is 20.5. The maximum atomic E-state index is 14.2. The Morgan fingerprint density at radius 3 is 2.51 bits per heavy atom. The number of alkyl halides is 5. The highest BCUT2D eigenvalue weighted by Crippen LogP contribution is 2.51. The maximum Gasteiger partial charge on any atom is 0.417 e. The minimum atomic E-state index is -4.88. The summed E-state index contributed by atoms with van der Waals surface area (Å²) in [5.41, 5.74) is -3.21. The van der Waals surface area contributed by atoms with Gasteiger partial charge < -0.3 is 25.2 Å². The van der Waals surface area contributed by atoms with Gasteiger partial charge in [-0.25, -0.2) is 0 Å². The number of hydrogen-bond acceptors (Lipinski definition) is 5. The molecule has 0 unspecified atom stereocenters. The van der Waals surface area contributed by atoms with Crippen LogP contribution in [0.2, 0.25) is 0 Å². The third kappa shape index (κ3) is 5.36. The van der Waals surface area contributed by atoms with Gasteiger partial charge in [-0.3, -0.25) is 14.4 Å². The number of anilines is 1. The van der Waals surface area contributed by atoms with E-state index in [0.29, 0.717) is 13.0 Å². The number of nitrogens with zero attached hydrogens (tertiary/aromatic N) is 2. The highest BCUT2D eigenvalue weighted by Gasteiger charge is 2.58. The van der Waals surface area contributed by atoms with Crippen LogP contribution in [0.25, 0.3) is 0 Å².